The summed E-state index contributed by atoms with van der Waals surface area (Å²) in [5.74, 6) is -0.831. The lowest BCUT2D eigenvalue weighted by Crippen LogP contribution is -2.53. The fourth-order valence-corrected chi connectivity index (χ4v) is 5.70. The second-order valence-corrected chi connectivity index (χ2v) is 12.9. The molecule has 220 valence electrons. The number of nitrogens with zero attached hydrogens (tertiary/aromatic N) is 2. The Bertz CT molecular complexity index is 1470. The third kappa shape index (κ3) is 9.21. The molecule has 0 spiro atoms. The predicted octanol–water partition coefficient (Wildman–Crippen LogP) is 5.93. The van der Waals surface area contributed by atoms with Crippen LogP contribution in [-0.4, -0.2) is 50.5 Å². The molecule has 0 aliphatic carbocycles. The van der Waals surface area contributed by atoms with Crippen LogP contribution in [0.5, 0.6) is 0 Å². The Morgan fingerprint density at radius 3 is 2.27 bits per heavy atom. The van der Waals surface area contributed by atoms with Gasteiger partial charge in [-0.15, -0.1) is 0 Å². The first kappa shape index (κ1) is 32.4. The molecule has 0 aliphatic rings. The highest BCUT2D eigenvalue weighted by Gasteiger charge is 2.33. The van der Waals surface area contributed by atoms with Crippen LogP contribution in [0, 0.1) is 13.8 Å². The number of amides is 2. The zero-order chi connectivity index (χ0) is 30.2. The lowest BCUT2D eigenvalue weighted by atomic mass is 10.0. The molecular weight excluding hydrogens is 581 g/mol. The summed E-state index contributed by atoms with van der Waals surface area (Å²) in [6.07, 6.45) is 3.01. The van der Waals surface area contributed by atoms with Crippen LogP contribution >= 0.6 is 23.2 Å². The Labute approximate surface area is 253 Å². The molecule has 1 unspecified atom stereocenters. The molecule has 0 radical (unpaired) electrons. The summed E-state index contributed by atoms with van der Waals surface area (Å²) in [7, 11) is -3.85. The quantitative estimate of drug-likeness (QED) is 0.241. The van der Waals surface area contributed by atoms with E-state index in [-0.39, 0.29) is 18.9 Å². The van der Waals surface area contributed by atoms with Crippen molar-refractivity contribution in [2.75, 3.05) is 23.7 Å². The van der Waals surface area contributed by atoms with Gasteiger partial charge >= 0.3 is 0 Å². The van der Waals surface area contributed by atoms with Gasteiger partial charge in [0.2, 0.25) is 21.8 Å². The van der Waals surface area contributed by atoms with Crippen molar-refractivity contribution >= 4 is 50.7 Å². The van der Waals surface area contributed by atoms with Crippen molar-refractivity contribution in [3.63, 3.8) is 0 Å². The Hall–Kier alpha value is -3.07. The zero-order valence-corrected chi connectivity index (χ0v) is 26.2. The summed E-state index contributed by atoms with van der Waals surface area (Å²) in [6.45, 7) is 5.70. The van der Waals surface area contributed by atoms with Crippen molar-refractivity contribution in [1.29, 1.82) is 0 Å². The molecule has 0 fully saturated rings. The Balaban J connectivity index is 2.08. The van der Waals surface area contributed by atoms with Crippen molar-refractivity contribution in [3.8, 4) is 0 Å². The van der Waals surface area contributed by atoms with Gasteiger partial charge in [-0.05, 0) is 60.7 Å². The van der Waals surface area contributed by atoms with E-state index >= 15 is 0 Å². The summed E-state index contributed by atoms with van der Waals surface area (Å²) < 4.78 is 27.1. The molecule has 7 nitrogen and oxygen atoms in total. The number of anilines is 1. The van der Waals surface area contributed by atoms with Crippen molar-refractivity contribution in [2.24, 2.45) is 0 Å². The highest BCUT2D eigenvalue weighted by molar-refractivity contribution is 7.92. The Morgan fingerprint density at radius 1 is 0.927 bits per heavy atom. The molecule has 3 aromatic rings. The minimum absolute atomic E-state index is 0.0266. The maximum atomic E-state index is 14.2. The van der Waals surface area contributed by atoms with Crippen LogP contribution in [0.25, 0.3) is 0 Å². The van der Waals surface area contributed by atoms with Crippen molar-refractivity contribution in [3.05, 3.63) is 99.0 Å². The van der Waals surface area contributed by atoms with E-state index in [1.165, 1.54) is 4.90 Å². The molecule has 1 atom stereocenters. The maximum absolute atomic E-state index is 14.2. The molecule has 0 saturated carbocycles. The van der Waals surface area contributed by atoms with Gasteiger partial charge in [-0.2, -0.15) is 0 Å². The molecule has 3 aromatic carbocycles. The van der Waals surface area contributed by atoms with E-state index in [0.717, 1.165) is 34.5 Å². The number of hydrogen-bond donors (Lipinski definition) is 1. The van der Waals surface area contributed by atoms with E-state index in [4.69, 9.17) is 23.2 Å². The molecular formula is C31H37Cl2N3O4S. The van der Waals surface area contributed by atoms with Crippen LogP contribution in [0.1, 0.15) is 42.0 Å². The second-order valence-electron chi connectivity index (χ2n) is 10.2. The molecule has 10 heteroatoms. The normalized spacial score (nSPS) is 12.0. The fourth-order valence-electron chi connectivity index (χ4n) is 4.48. The van der Waals surface area contributed by atoms with Gasteiger partial charge < -0.3 is 10.2 Å². The number of benzene rings is 3. The van der Waals surface area contributed by atoms with Gasteiger partial charge in [-0.3, -0.25) is 13.9 Å². The summed E-state index contributed by atoms with van der Waals surface area (Å²) in [5.41, 5.74) is 3.51. The Morgan fingerprint density at radius 2 is 1.63 bits per heavy atom. The van der Waals surface area contributed by atoms with Crippen LogP contribution in [-0.2, 0) is 32.6 Å². The number of unbranched alkanes of at least 4 members (excludes halogenated alkanes) is 1. The first-order valence-electron chi connectivity index (χ1n) is 13.5. The van der Waals surface area contributed by atoms with Gasteiger partial charge in [0, 0.05) is 19.5 Å². The summed E-state index contributed by atoms with van der Waals surface area (Å²) in [5, 5.41) is 3.65. The average Bonchev–Trinajstić information content (AvgIpc) is 2.92. The molecule has 0 aliphatic heterocycles. The van der Waals surface area contributed by atoms with E-state index in [1.807, 2.05) is 56.3 Å². The van der Waals surface area contributed by atoms with Gasteiger partial charge in [-0.1, -0.05) is 85.1 Å². The largest absolute Gasteiger partial charge is 0.354 e. The number of rotatable bonds is 13. The summed E-state index contributed by atoms with van der Waals surface area (Å²) in [4.78, 5) is 29.3. The molecule has 41 heavy (non-hydrogen) atoms. The molecule has 1 N–H and O–H groups in total. The molecule has 0 aromatic heterocycles. The minimum Gasteiger partial charge on any atom is -0.354 e. The molecule has 3 rings (SSSR count). The van der Waals surface area contributed by atoms with E-state index < -0.39 is 28.5 Å². The molecule has 0 bridgehead atoms. The first-order valence-corrected chi connectivity index (χ1v) is 16.1. The van der Waals surface area contributed by atoms with E-state index in [1.54, 1.807) is 31.2 Å². The smallest absolute Gasteiger partial charge is 0.244 e. The first-order chi connectivity index (χ1) is 19.4. The van der Waals surface area contributed by atoms with Gasteiger partial charge in [0.05, 0.1) is 22.0 Å². The lowest BCUT2D eigenvalue weighted by Gasteiger charge is -2.34. The fraction of sp³-hybridized carbons (Fsp3) is 0.355. The molecule has 0 heterocycles. The van der Waals surface area contributed by atoms with Crippen LogP contribution in [0.15, 0.2) is 66.7 Å². The van der Waals surface area contributed by atoms with Crippen molar-refractivity contribution < 1.29 is 18.0 Å². The number of nitrogens with one attached hydrogen (secondary N) is 1. The number of hydrogen-bond acceptors (Lipinski definition) is 4. The van der Waals surface area contributed by atoms with E-state index in [0.29, 0.717) is 33.4 Å². The number of sulfonamides is 1. The number of carbonyl (C=O) groups excluding carboxylic acids is 2. The molecule has 2 amide bonds. The van der Waals surface area contributed by atoms with E-state index in [2.05, 4.69) is 5.32 Å². The lowest BCUT2D eigenvalue weighted by molar-refractivity contribution is -0.140. The van der Waals surface area contributed by atoms with Gasteiger partial charge in [0.25, 0.3) is 0 Å². The average molecular weight is 619 g/mol. The highest BCUT2D eigenvalue weighted by atomic mass is 35.5. The van der Waals surface area contributed by atoms with Crippen molar-refractivity contribution in [1.82, 2.24) is 10.2 Å². The zero-order valence-electron chi connectivity index (χ0n) is 23.9. The third-order valence-corrected chi connectivity index (χ3v) is 8.62. The van der Waals surface area contributed by atoms with Crippen LogP contribution in [0.2, 0.25) is 10.0 Å². The monoisotopic (exact) mass is 617 g/mol. The van der Waals surface area contributed by atoms with Crippen LogP contribution in [0.4, 0.5) is 5.69 Å². The number of carbonyl (C=O) groups is 2. The van der Waals surface area contributed by atoms with Gasteiger partial charge in [0.15, 0.2) is 0 Å². The van der Waals surface area contributed by atoms with E-state index in [9.17, 15) is 18.0 Å². The highest BCUT2D eigenvalue weighted by Crippen LogP contribution is 2.27. The summed E-state index contributed by atoms with van der Waals surface area (Å²) >= 11 is 12.4. The van der Waals surface area contributed by atoms with Crippen LogP contribution in [0.3, 0.4) is 0 Å². The second kappa shape index (κ2) is 14.7. The standard InChI is InChI=1S/C31H37Cl2N3O4S/c1-5-6-16-34-31(38)29(19-24-10-8-7-9-11-24)35(20-25-14-15-26(32)27(33)18-25)30(37)21-36(41(4,39)40)28-17-22(2)12-13-23(28)3/h7-15,17-18,29H,5-6,16,19-21H2,1-4H3,(H,34,38). The van der Waals surface area contributed by atoms with Gasteiger partial charge in [0.1, 0.15) is 12.6 Å². The maximum Gasteiger partial charge on any atom is 0.244 e. The summed E-state index contributed by atoms with van der Waals surface area (Å²) in [6, 6.07) is 19.0. The topological polar surface area (TPSA) is 86.8 Å². The third-order valence-electron chi connectivity index (χ3n) is 6.75. The Kier molecular flexibility index (Phi) is 11.6. The molecule has 0 saturated heterocycles. The van der Waals surface area contributed by atoms with Crippen molar-refractivity contribution in [2.45, 2.75) is 52.6 Å². The SMILES string of the molecule is CCCCNC(=O)C(Cc1ccccc1)N(Cc1ccc(Cl)c(Cl)c1)C(=O)CN(c1cc(C)ccc1C)S(C)(=O)=O. The number of halogens is 2. The number of aryl methyl sites for hydroxylation is 2. The predicted molar refractivity (Wildman–Crippen MR) is 167 cm³/mol. The van der Waals surface area contributed by atoms with Gasteiger partial charge in [-0.25, -0.2) is 8.42 Å². The van der Waals surface area contributed by atoms with Crippen LogP contribution < -0.4 is 9.62 Å². The minimum atomic E-state index is -3.85.